The zero-order chi connectivity index (χ0) is 10.9. The van der Waals surface area contributed by atoms with Crippen LogP contribution in [0.1, 0.15) is 25.3 Å². The van der Waals surface area contributed by atoms with Crippen molar-refractivity contribution < 1.29 is 14.2 Å². The molecule has 2 rings (SSSR count). The second-order valence-corrected chi connectivity index (χ2v) is 4.00. The minimum Gasteiger partial charge on any atom is -0.385 e. The van der Waals surface area contributed by atoms with E-state index in [9.17, 15) is 9.50 Å². The third-order valence-corrected chi connectivity index (χ3v) is 2.91. The summed E-state index contributed by atoms with van der Waals surface area (Å²) in [7, 11) is 0. The second-order valence-electron chi connectivity index (χ2n) is 4.00. The molecule has 0 amide bonds. The maximum atomic E-state index is 13.4. The molecule has 0 aliphatic heterocycles. The van der Waals surface area contributed by atoms with Crippen molar-refractivity contribution in [2.75, 3.05) is 6.61 Å². The first kappa shape index (κ1) is 10.6. The van der Waals surface area contributed by atoms with Crippen LogP contribution in [-0.2, 0) is 10.3 Å². The molecule has 82 valence electrons. The number of hydrogen-bond acceptors (Lipinski definition) is 2. The van der Waals surface area contributed by atoms with Gasteiger partial charge in [-0.15, -0.1) is 0 Å². The summed E-state index contributed by atoms with van der Waals surface area (Å²) in [4.78, 5) is 0. The summed E-state index contributed by atoms with van der Waals surface area (Å²) in [6.07, 6.45) is 1.04. The summed E-state index contributed by atoms with van der Waals surface area (Å²) in [6.45, 7) is 2.55. The van der Waals surface area contributed by atoms with Crippen molar-refractivity contribution in [1.82, 2.24) is 0 Å². The number of halogens is 1. The first-order valence-corrected chi connectivity index (χ1v) is 5.25. The largest absolute Gasteiger partial charge is 0.385 e. The zero-order valence-corrected chi connectivity index (χ0v) is 8.74. The molecule has 0 radical (unpaired) electrons. The van der Waals surface area contributed by atoms with Crippen molar-refractivity contribution in [3.63, 3.8) is 0 Å². The summed E-state index contributed by atoms with van der Waals surface area (Å²) in [5, 5.41) is 10.1. The molecular weight excluding hydrogens is 195 g/mol. The zero-order valence-electron chi connectivity index (χ0n) is 8.74. The van der Waals surface area contributed by atoms with Crippen molar-refractivity contribution in [2.24, 2.45) is 0 Å². The van der Waals surface area contributed by atoms with Gasteiger partial charge in [-0.25, -0.2) is 4.39 Å². The lowest BCUT2D eigenvalue weighted by molar-refractivity contribution is -0.144. The molecule has 0 spiro atoms. The monoisotopic (exact) mass is 210 g/mol. The average molecular weight is 210 g/mol. The lowest BCUT2D eigenvalue weighted by atomic mass is 9.72. The predicted octanol–water partition coefficient (Wildman–Crippen LogP) is 2.21. The van der Waals surface area contributed by atoms with E-state index in [1.54, 1.807) is 18.2 Å². The molecule has 0 bridgehead atoms. The smallest absolute Gasteiger partial charge is 0.129 e. The van der Waals surface area contributed by atoms with E-state index in [2.05, 4.69) is 0 Å². The SMILES string of the molecule is CCOC1CC(O)(c2ccccc2F)C1. The van der Waals surface area contributed by atoms with E-state index in [0.29, 0.717) is 25.0 Å². The van der Waals surface area contributed by atoms with Gasteiger partial charge >= 0.3 is 0 Å². The second kappa shape index (κ2) is 3.91. The number of rotatable bonds is 3. The molecule has 0 atom stereocenters. The Labute approximate surface area is 88.7 Å². The van der Waals surface area contributed by atoms with E-state index in [4.69, 9.17) is 4.74 Å². The Bertz CT molecular complexity index is 345. The Morgan fingerprint density at radius 2 is 2.13 bits per heavy atom. The molecule has 0 saturated heterocycles. The number of hydrogen-bond donors (Lipinski definition) is 1. The molecule has 15 heavy (non-hydrogen) atoms. The number of ether oxygens (including phenoxy) is 1. The average Bonchev–Trinajstić information content (AvgIpc) is 2.16. The quantitative estimate of drug-likeness (QED) is 0.828. The highest BCUT2D eigenvalue weighted by Gasteiger charge is 2.45. The Hall–Kier alpha value is -0.930. The molecule has 1 saturated carbocycles. The third kappa shape index (κ3) is 1.90. The summed E-state index contributed by atoms with van der Waals surface area (Å²) in [5.41, 5.74) is -0.633. The molecule has 0 aromatic heterocycles. The summed E-state index contributed by atoms with van der Waals surface area (Å²) >= 11 is 0. The van der Waals surface area contributed by atoms with Crippen molar-refractivity contribution in [3.8, 4) is 0 Å². The van der Waals surface area contributed by atoms with Gasteiger partial charge in [-0.1, -0.05) is 18.2 Å². The molecule has 0 heterocycles. The summed E-state index contributed by atoms with van der Waals surface area (Å²) in [5.74, 6) is -0.338. The van der Waals surface area contributed by atoms with Crippen LogP contribution >= 0.6 is 0 Å². The Morgan fingerprint density at radius 3 is 2.73 bits per heavy atom. The Balaban J connectivity index is 2.10. The van der Waals surface area contributed by atoms with Crippen molar-refractivity contribution >= 4 is 0 Å². The van der Waals surface area contributed by atoms with Crippen LogP contribution in [0.4, 0.5) is 4.39 Å². The van der Waals surface area contributed by atoms with Gasteiger partial charge < -0.3 is 9.84 Å². The maximum absolute atomic E-state index is 13.4. The van der Waals surface area contributed by atoms with Crippen molar-refractivity contribution in [2.45, 2.75) is 31.5 Å². The van der Waals surface area contributed by atoms with Crippen LogP contribution < -0.4 is 0 Å². The normalized spacial score (nSPS) is 29.9. The summed E-state index contributed by atoms with van der Waals surface area (Å²) < 4.78 is 18.8. The van der Waals surface area contributed by atoms with Crippen molar-refractivity contribution in [3.05, 3.63) is 35.6 Å². The van der Waals surface area contributed by atoms with E-state index in [1.165, 1.54) is 6.07 Å². The van der Waals surface area contributed by atoms with E-state index in [1.807, 2.05) is 6.92 Å². The Kier molecular flexibility index (Phi) is 2.76. The van der Waals surface area contributed by atoms with E-state index >= 15 is 0 Å². The molecule has 3 heteroatoms. The van der Waals surface area contributed by atoms with Crippen LogP contribution in [0.5, 0.6) is 0 Å². The van der Waals surface area contributed by atoms with E-state index in [0.717, 1.165) is 0 Å². The minimum absolute atomic E-state index is 0.0691. The van der Waals surface area contributed by atoms with Crippen LogP contribution in [0.15, 0.2) is 24.3 Å². The highest BCUT2D eigenvalue weighted by molar-refractivity contribution is 5.27. The molecule has 2 nitrogen and oxygen atoms in total. The van der Waals surface area contributed by atoms with Crippen LogP contribution in [0.25, 0.3) is 0 Å². The van der Waals surface area contributed by atoms with E-state index < -0.39 is 5.60 Å². The maximum Gasteiger partial charge on any atom is 0.129 e. The highest BCUT2D eigenvalue weighted by atomic mass is 19.1. The predicted molar refractivity (Wildman–Crippen MR) is 54.9 cm³/mol. The first-order valence-electron chi connectivity index (χ1n) is 5.25. The van der Waals surface area contributed by atoms with Crippen LogP contribution in [-0.4, -0.2) is 17.8 Å². The molecule has 1 aliphatic carbocycles. The van der Waals surface area contributed by atoms with Crippen LogP contribution in [0, 0.1) is 5.82 Å². The van der Waals surface area contributed by atoms with Crippen LogP contribution in [0.2, 0.25) is 0 Å². The molecule has 0 unspecified atom stereocenters. The lowest BCUT2D eigenvalue weighted by Gasteiger charge is -2.43. The van der Waals surface area contributed by atoms with Gasteiger partial charge in [0, 0.05) is 25.0 Å². The molecule has 1 N–H and O–H groups in total. The molecule has 1 aromatic rings. The van der Waals surface area contributed by atoms with Crippen molar-refractivity contribution in [1.29, 1.82) is 0 Å². The number of aliphatic hydroxyl groups is 1. The van der Waals surface area contributed by atoms with Gasteiger partial charge in [0.25, 0.3) is 0 Å². The fourth-order valence-corrected chi connectivity index (χ4v) is 2.11. The minimum atomic E-state index is -1.02. The highest BCUT2D eigenvalue weighted by Crippen LogP contribution is 2.43. The van der Waals surface area contributed by atoms with Gasteiger partial charge in [0.15, 0.2) is 0 Å². The van der Waals surface area contributed by atoms with Gasteiger partial charge in [0.1, 0.15) is 5.82 Å². The standard InChI is InChI=1S/C12H15FO2/c1-2-15-9-7-12(14,8-9)10-5-3-4-6-11(10)13/h3-6,9,14H,2,7-8H2,1H3. The summed E-state index contributed by atoms with van der Waals surface area (Å²) in [6, 6.07) is 6.38. The topological polar surface area (TPSA) is 29.5 Å². The van der Waals surface area contributed by atoms with Gasteiger partial charge in [0.05, 0.1) is 11.7 Å². The molecular formula is C12H15FO2. The molecule has 1 aromatic carbocycles. The fourth-order valence-electron chi connectivity index (χ4n) is 2.11. The lowest BCUT2D eigenvalue weighted by Crippen LogP contribution is -2.46. The van der Waals surface area contributed by atoms with Gasteiger partial charge in [0.2, 0.25) is 0 Å². The van der Waals surface area contributed by atoms with Gasteiger partial charge in [-0.2, -0.15) is 0 Å². The molecule has 1 aliphatic rings. The van der Waals surface area contributed by atoms with E-state index in [-0.39, 0.29) is 11.9 Å². The Morgan fingerprint density at radius 1 is 1.47 bits per heavy atom. The van der Waals surface area contributed by atoms with Crippen LogP contribution in [0.3, 0.4) is 0 Å². The first-order chi connectivity index (χ1) is 7.15. The third-order valence-electron chi connectivity index (χ3n) is 2.91. The van der Waals surface area contributed by atoms with Gasteiger partial charge in [-0.3, -0.25) is 0 Å². The molecule has 1 fully saturated rings. The fraction of sp³-hybridized carbons (Fsp3) is 0.500. The van der Waals surface area contributed by atoms with Gasteiger partial charge in [-0.05, 0) is 13.0 Å². The number of benzene rings is 1.